The predicted molar refractivity (Wildman–Crippen MR) is 127 cm³/mol. The molecule has 0 aliphatic heterocycles. The van der Waals surface area contributed by atoms with Crippen LogP contribution in [-0.2, 0) is 20.7 Å². The number of carbonyl (C=O) groups excluding carboxylic acids is 2. The molecule has 2 aliphatic rings. The van der Waals surface area contributed by atoms with Gasteiger partial charge in [0.25, 0.3) is 0 Å². The highest BCUT2D eigenvalue weighted by molar-refractivity contribution is 5.89. The van der Waals surface area contributed by atoms with E-state index in [1.165, 1.54) is 6.33 Å². The van der Waals surface area contributed by atoms with Crippen molar-refractivity contribution in [2.45, 2.75) is 37.3 Å². The number of amides is 2. The van der Waals surface area contributed by atoms with Gasteiger partial charge in [0.15, 0.2) is 0 Å². The van der Waals surface area contributed by atoms with E-state index in [9.17, 15) is 19.5 Å². The molecule has 9 nitrogen and oxygen atoms in total. The van der Waals surface area contributed by atoms with Crippen LogP contribution in [0.25, 0.3) is 11.1 Å². The third-order valence-corrected chi connectivity index (χ3v) is 6.59. The molecule has 0 radical (unpaired) electrons. The lowest BCUT2D eigenvalue weighted by atomic mass is 9.98. The average Bonchev–Trinajstić information content (AvgIpc) is 3.47. The first-order valence-electron chi connectivity index (χ1n) is 11.6. The van der Waals surface area contributed by atoms with E-state index in [-0.39, 0.29) is 24.9 Å². The third kappa shape index (κ3) is 4.89. The van der Waals surface area contributed by atoms with Crippen molar-refractivity contribution in [1.82, 2.24) is 20.6 Å². The van der Waals surface area contributed by atoms with Gasteiger partial charge in [-0.15, -0.1) is 0 Å². The summed E-state index contributed by atoms with van der Waals surface area (Å²) >= 11 is 0. The number of hydrogen-bond donors (Lipinski definition) is 4. The van der Waals surface area contributed by atoms with E-state index in [1.54, 1.807) is 6.20 Å². The van der Waals surface area contributed by atoms with Crippen LogP contribution in [0.15, 0.2) is 61.1 Å². The molecule has 2 atom stereocenters. The molecule has 1 fully saturated rings. The van der Waals surface area contributed by atoms with Gasteiger partial charge in [-0.1, -0.05) is 48.5 Å². The second-order valence-electron chi connectivity index (χ2n) is 8.97. The Bertz CT molecular complexity index is 1190. The molecule has 180 valence electrons. The largest absolute Gasteiger partial charge is 0.480 e. The highest BCUT2D eigenvalue weighted by atomic mass is 16.5. The molecule has 0 bridgehead atoms. The Morgan fingerprint density at radius 2 is 1.69 bits per heavy atom. The number of carboxylic acids is 1. The van der Waals surface area contributed by atoms with Crippen LogP contribution >= 0.6 is 0 Å². The molecule has 4 N–H and O–H groups in total. The summed E-state index contributed by atoms with van der Waals surface area (Å²) in [5, 5.41) is 14.7. The molecule has 2 aliphatic carbocycles. The number of rotatable bonds is 9. The SMILES string of the molecule is O=C(N[C@H](Cc1cnc[nH]1)C(=O)NC(C(=O)O)C1CC1)OCC1c2ccccc2-c2ccccc21. The number of aromatic nitrogens is 2. The number of fused-ring (bicyclic) bond motifs is 3. The van der Waals surface area contributed by atoms with Gasteiger partial charge in [0.1, 0.15) is 18.7 Å². The fourth-order valence-electron chi connectivity index (χ4n) is 4.67. The Morgan fingerprint density at radius 1 is 1.03 bits per heavy atom. The van der Waals surface area contributed by atoms with Crippen molar-refractivity contribution in [3.05, 3.63) is 77.9 Å². The Hall–Kier alpha value is -4.14. The topological polar surface area (TPSA) is 133 Å². The molecule has 1 saturated carbocycles. The number of nitrogens with one attached hydrogen (secondary N) is 3. The van der Waals surface area contributed by atoms with Crippen LogP contribution in [0, 0.1) is 5.92 Å². The molecule has 0 saturated heterocycles. The van der Waals surface area contributed by atoms with E-state index < -0.39 is 30.1 Å². The zero-order chi connectivity index (χ0) is 24.4. The van der Waals surface area contributed by atoms with E-state index in [0.717, 1.165) is 35.1 Å². The van der Waals surface area contributed by atoms with Crippen molar-refractivity contribution in [2.75, 3.05) is 6.61 Å². The van der Waals surface area contributed by atoms with Crippen molar-refractivity contribution >= 4 is 18.0 Å². The minimum atomic E-state index is -1.08. The fraction of sp³-hybridized carbons (Fsp3) is 0.308. The number of H-pyrrole nitrogens is 1. The molecule has 3 aromatic rings. The molecule has 0 spiro atoms. The molecule has 1 unspecified atom stereocenters. The van der Waals surface area contributed by atoms with Gasteiger partial charge in [-0.3, -0.25) is 4.79 Å². The lowest BCUT2D eigenvalue weighted by Crippen LogP contribution is -2.53. The average molecular weight is 475 g/mol. The van der Waals surface area contributed by atoms with Gasteiger partial charge in [-0.2, -0.15) is 0 Å². The number of carbonyl (C=O) groups is 3. The minimum Gasteiger partial charge on any atom is -0.480 e. The van der Waals surface area contributed by atoms with Gasteiger partial charge in [0.05, 0.1) is 6.33 Å². The highest BCUT2D eigenvalue weighted by Gasteiger charge is 2.39. The molecular formula is C26H26N4O5. The maximum absolute atomic E-state index is 13.0. The number of imidazole rings is 1. The van der Waals surface area contributed by atoms with Gasteiger partial charge in [0.2, 0.25) is 5.91 Å². The number of alkyl carbamates (subject to hydrolysis) is 1. The standard InChI is InChI=1S/C26H26N4O5/c31-24(30-23(25(32)33)15-9-10-15)22(11-16-12-27-14-28-16)29-26(34)35-13-21-19-7-3-1-5-17(19)18-6-2-4-8-20(18)21/h1-8,12,14-15,21-23H,9-11,13H2,(H,27,28)(H,29,34)(H,30,31)(H,32,33)/t22-,23?/m1/s1. The monoisotopic (exact) mass is 474 g/mol. The summed E-state index contributed by atoms with van der Waals surface area (Å²) in [5.74, 6) is -1.85. The van der Waals surface area contributed by atoms with Gasteiger partial charge in [-0.25, -0.2) is 14.6 Å². The summed E-state index contributed by atoms with van der Waals surface area (Å²) in [6.07, 6.45) is 3.90. The van der Waals surface area contributed by atoms with Crippen molar-refractivity contribution in [3.63, 3.8) is 0 Å². The number of carboxylic acid groups (broad SMARTS) is 1. The van der Waals surface area contributed by atoms with Gasteiger partial charge >= 0.3 is 12.1 Å². The van der Waals surface area contributed by atoms with Crippen molar-refractivity contribution in [3.8, 4) is 11.1 Å². The molecule has 2 aromatic carbocycles. The summed E-state index contributed by atoms with van der Waals surface area (Å²) < 4.78 is 5.58. The first-order valence-corrected chi connectivity index (χ1v) is 11.6. The van der Waals surface area contributed by atoms with Gasteiger partial charge in [0, 0.05) is 24.2 Å². The molecule has 9 heteroatoms. The van der Waals surface area contributed by atoms with Crippen LogP contribution in [0.5, 0.6) is 0 Å². The Kier molecular flexibility index (Phi) is 6.22. The van der Waals surface area contributed by atoms with Gasteiger partial charge < -0.3 is 25.5 Å². The zero-order valence-corrected chi connectivity index (χ0v) is 18.9. The molecular weight excluding hydrogens is 448 g/mol. The van der Waals surface area contributed by atoms with E-state index in [0.29, 0.717) is 5.69 Å². The van der Waals surface area contributed by atoms with E-state index in [4.69, 9.17) is 4.74 Å². The van der Waals surface area contributed by atoms with E-state index in [1.807, 2.05) is 36.4 Å². The fourth-order valence-corrected chi connectivity index (χ4v) is 4.67. The third-order valence-electron chi connectivity index (χ3n) is 6.59. The molecule has 1 aromatic heterocycles. The van der Waals surface area contributed by atoms with Crippen molar-refractivity contribution < 1.29 is 24.2 Å². The smallest absolute Gasteiger partial charge is 0.407 e. The maximum atomic E-state index is 13.0. The van der Waals surface area contributed by atoms with Gasteiger partial charge in [-0.05, 0) is 41.0 Å². The van der Waals surface area contributed by atoms with Crippen LogP contribution < -0.4 is 10.6 Å². The van der Waals surface area contributed by atoms with Crippen LogP contribution in [-0.4, -0.2) is 51.7 Å². The maximum Gasteiger partial charge on any atom is 0.407 e. The Balaban J connectivity index is 1.27. The molecule has 2 amide bonds. The Morgan fingerprint density at radius 3 is 2.26 bits per heavy atom. The lowest BCUT2D eigenvalue weighted by molar-refractivity contribution is -0.142. The minimum absolute atomic E-state index is 0.0845. The van der Waals surface area contributed by atoms with Crippen LogP contribution in [0.4, 0.5) is 4.79 Å². The first-order chi connectivity index (χ1) is 17.0. The predicted octanol–water partition coefficient (Wildman–Crippen LogP) is 2.84. The number of nitrogens with zero attached hydrogens (tertiary/aromatic N) is 1. The molecule has 1 heterocycles. The number of hydrogen-bond acceptors (Lipinski definition) is 5. The number of benzene rings is 2. The summed E-state index contributed by atoms with van der Waals surface area (Å²) in [5.41, 5.74) is 5.04. The van der Waals surface area contributed by atoms with Crippen LogP contribution in [0.3, 0.4) is 0 Å². The highest BCUT2D eigenvalue weighted by Crippen LogP contribution is 2.44. The summed E-state index contributed by atoms with van der Waals surface area (Å²) in [6, 6.07) is 14.0. The number of aliphatic carboxylic acids is 1. The van der Waals surface area contributed by atoms with Crippen molar-refractivity contribution in [2.24, 2.45) is 5.92 Å². The second-order valence-corrected chi connectivity index (χ2v) is 8.97. The summed E-state index contributed by atoms with van der Waals surface area (Å²) in [4.78, 5) is 44.2. The van der Waals surface area contributed by atoms with E-state index >= 15 is 0 Å². The molecule has 5 rings (SSSR count). The zero-order valence-electron chi connectivity index (χ0n) is 18.9. The van der Waals surface area contributed by atoms with Crippen LogP contribution in [0.1, 0.15) is 35.6 Å². The number of ether oxygens (including phenoxy) is 1. The lowest BCUT2D eigenvalue weighted by Gasteiger charge is -2.21. The Labute approximate surface area is 201 Å². The van der Waals surface area contributed by atoms with Crippen molar-refractivity contribution in [1.29, 1.82) is 0 Å². The summed E-state index contributed by atoms with van der Waals surface area (Å²) in [7, 11) is 0. The number of aromatic amines is 1. The second kappa shape index (κ2) is 9.61. The van der Waals surface area contributed by atoms with Crippen LogP contribution in [0.2, 0.25) is 0 Å². The molecule has 35 heavy (non-hydrogen) atoms. The summed E-state index contributed by atoms with van der Waals surface area (Å²) in [6.45, 7) is 0.109. The first kappa shape index (κ1) is 22.6. The van der Waals surface area contributed by atoms with E-state index in [2.05, 4.69) is 32.7 Å². The normalized spacial score (nSPS) is 16.0. The quantitative estimate of drug-likeness (QED) is 0.377.